The molecule has 3 rings (SSSR count). The molecule has 25 heavy (non-hydrogen) atoms. The minimum atomic E-state index is -0.419. The molecular formula is C18H21BrN4O2. The molecule has 132 valence electrons. The SMILES string of the molecule is CCC(NC(=O)C1CCCC1)c1nnc(-c2ccccc2Br)[nH]c1=O. The number of hydrogen-bond acceptors (Lipinski definition) is 4. The first-order chi connectivity index (χ1) is 12.1. The minimum absolute atomic E-state index is 0.0143. The van der Waals surface area contributed by atoms with Gasteiger partial charge in [-0.15, -0.1) is 10.2 Å². The summed E-state index contributed by atoms with van der Waals surface area (Å²) in [5.41, 5.74) is 0.700. The molecule has 2 N–H and O–H groups in total. The van der Waals surface area contributed by atoms with Crippen molar-refractivity contribution in [3.05, 3.63) is 44.8 Å². The van der Waals surface area contributed by atoms with Gasteiger partial charge in [0.15, 0.2) is 11.5 Å². The van der Waals surface area contributed by atoms with Gasteiger partial charge in [-0.3, -0.25) is 9.59 Å². The summed E-state index contributed by atoms with van der Waals surface area (Å²) in [7, 11) is 0. The van der Waals surface area contributed by atoms with Crippen molar-refractivity contribution in [2.75, 3.05) is 0 Å². The van der Waals surface area contributed by atoms with E-state index in [1.807, 2.05) is 31.2 Å². The second-order valence-corrected chi connectivity index (χ2v) is 7.17. The van der Waals surface area contributed by atoms with Gasteiger partial charge in [-0.1, -0.05) is 53.9 Å². The number of aromatic nitrogens is 3. The average molecular weight is 405 g/mol. The molecule has 2 aromatic rings. The molecule has 1 unspecified atom stereocenters. The zero-order valence-electron chi connectivity index (χ0n) is 14.1. The summed E-state index contributed by atoms with van der Waals surface area (Å²) in [4.78, 5) is 27.6. The van der Waals surface area contributed by atoms with E-state index in [0.29, 0.717) is 12.2 Å². The first-order valence-electron chi connectivity index (χ1n) is 8.62. The van der Waals surface area contributed by atoms with Crippen LogP contribution in [0.2, 0.25) is 0 Å². The molecule has 7 heteroatoms. The smallest absolute Gasteiger partial charge is 0.275 e. The molecule has 1 aromatic carbocycles. The lowest BCUT2D eigenvalue weighted by molar-refractivity contribution is -0.125. The maximum Gasteiger partial charge on any atom is 0.275 e. The molecule has 1 aromatic heterocycles. The third-order valence-corrected chi connectivity index (χ3v) is 5.32. The molecule has 1 atom stereocenters. The van der Waals surface area contributed by atoms with Crippen molar-refractivity contribution in [2.45, 2.75) is 45.1 Å². The van der Waals surface area contributed by atoms with Crippen molar-refractivity contribution in [1.29, 1.82) is 0 Å². The third kappa shape index (κ3) is 3.98. The molecule has 0 aliphatic heterocycles. The molecule has 6 nitrogen and oxygen atoms in total. The minimum Gasteiger partial charge on any atom is -0.347 e. The van der Waals surface area contributed by atoms with E-state index in [9.17, 15) is 9.59 Å². The van der Waals surface area contributed by atoms with E-state index in [0.717, 1.165) is 35.7 Å². The van der Waals surface area contributed by atoms with Crippen LogP contribution in [0.15, 0.2) is 33.5 Å². The lowest BCUT2D eigenvalue weighted by Crippen LogP contribution is -2.36. The van der Waals surface area contributed by atoms with Gasteiger partial charge in [0.25, 0.3) is 5.56 Å². The van der Waals surface area contributed by atoms with Crippen LogP contribution in [0.4, 0.5) is 0 Å². The van der Waals surface area contributed by atoms with Crippen LogP contribution >= 0.6 is 15.9 Å². The van der Waals surface area contributed by atoms with Crippen LogP contribution < -0.4 is 10.9 Å². The fraction of sp³-hybridized carbons (Fsp3) is 0.444. The predicted octanol–water partition coefficient (Wildman–Crippen LogP) is 3.35. The second-order valence-electron chi connectivity index (χ2n) is 6.32. The average Bonchev–Trinajstić information content (AvgIpc) is 3.15. The Morgan fingerprint density at radius 2 is 2.04 bits per heavy atom. The second kappa shape index (κ2) is 7.91. The quantitative estimate of drug-likeness (QED) is 0.799. The standard InChI is InChI=1S/C18H21BrN4O2/c1-2-14(20-17(24)11-7-3-4-8-11)15-18(25)21-16(23-22-15)12-9-5-6-10-13(12)19/h5-6,9-11,14H,2-4,7-8H2,1H3,(H,20,24)(H,21,23,25). The Labute approximate surface area is 154 Å². The highest BCUT2D eigenvalue weighted by Gasteiger charge is 2.26. The number of carbonyl (C=O) groups is 1. The predicted molar refractivity (Wildman–Crippen MR) is 98.9 cm³/mol. The van der Waals surface area contributed by atoms with Crippen molar-refractivity contribution in [3.63, 3.8) is 0 Å². The number of aromatic amines is 1. The van der Waals surface area contributed by atoms with Crippen LogP contribution in [-0.2, 0) is 4.79 Å². The van der Waals surface area contributed by atoms with E-state index in [4.69, 9.17) is 0 Å². The molecule has 0 saturated heterocycles. The highest BCUT2D eigenvalue weighted by Crippen LogP contribution is 2.26. The highest BCUT2D eigenvalue weighted by atomic mass is 79.9. The Kier molecular flexibility index (Phi) is 5.63. The molecule has 1 amide bonds. The number of hydrogen-bond donors (Lipinski definition) is 2. The zero-order valence-corrected chi connectivity index (χ0v) is 15.7. The summed E-state index contributed by atoms with van der Waals surface area (Å²) in [5.74, 6) is 0.472. The van der Waals surface area contributed by atoms with Gasteiger partial charge in [0.1, 0.15) is 0 Å². The molecule has 1 aliphatic rings. The molecule has 1 saturated carbocycles. The highest BCUT2D eigenvalue weighted by molar-refractivity contribution is 9.10. The topological polar surface area (TPSA) is 87.7 Å². The summed E-state index contributed by atoms with van der Waals surface area (Å²) < 4.78 is 0.828. The molecule has 0 spiro atoms. The molecular weight excluding hydrogens is 384 g/mol. The number of halogens is 1. The molecule has 1 fully saturated rings. The van der Waals surface area contributed by atoms with Gasteiger partial charge in [-0.25, -0.2) is 0 Å². The van der Waals surface area contributed by atoms with Gasteiger partial charge < -0.3 is 10.3 Å². The maximum atomic E-state index is 12.5. The van der Waals surface area contributed by atoms with E-state index in [1.165, 1.54) is 0 Å². The summed E-state index contributed by atoms with van der Waals surface area (Å²) in [5, 5.41) is 11.2. The summed E-state index contributed by atoms with van der Waals surface area (Å²) >= 11 is 3.44. The van der Waals surface area contributed by atoms with Gasteiger partial charge in [0.05, 0.1) is 6.04 Å². The fourth-order valence-corrected chi connectivity index (χ4v) is 3.66. The van der Waals surface area contributed by atoms with Crippen LogP contribution in [0.1, 0.15) is 50.8 Å². The van der Waals surface area contributed by atoms with Crippen molar-refractivity contribution in [3.8, 4) is 11.4 Å². The van der Waals surface area contributed by atoms with Crippen LogP contribution in [0.25, 0.3) is 11.4 Å². The van der Waals surface area contributed by atoms with Crippen molar-refractivity contribution in [1.82, 2.24) is 20.5 Å². The van der Waals surface area contributed by atoms with Crippen LogP contribution in [0, 0.1) is 5.92 Å². The van der Waals surface area contributed by atoms with Gasteiger partial charge in [0, 0.05) is 16.0 Å². The van der Waals surface area contributed by atoms with Crippen molar-refractivity contribution >= 4 is 21.8 Å². The molecule has 0 bridgehead atoms. The third-order valence-electron chi connectivity index (χ3n) is 4.63. The van der Waals surface area contributed by atoms with E-state index in [1.54, 1.807) is 0 Å². The zero-order chi connectivity index (χ0) is 17.8. The summed E-state index contributed by atoms with van der Waals surface area (Å²) in [6.07, 6.45) is 4.62. The first-order valence-corrected chi connectivity index (χ1v) is 9.41. The molecule has 0 radical (unpaired) electrons. The molecule has 1 aliphatic carbocycles. The van der Waals surface area contributed by atoms with Gasteiger partial charge in [-0.2, -0.15) is 0 Å². The van der Waals surface area contributed by atoms with Crippen LogP contribution in [0.5, 0.6) is 0 Å². The Morgan fingerprint density at radius 3 is 2.68 bits per heavy atom. The first kappa shape index (κ1) is 17.8. The number of nitrogens with zero attached hydrogens (tertiary/aromatic N) is 2. The van der Waals surface area contributed by atoms with Crippen molar-refractivity contribution < 1.29 is 4.79 Å². The van der Waals surface area contributed by atoms with Gasteiger partial charge in [0.2, 0.25) is 5.91 Å². The van der Waals surface area contributed by atoms with Crippen molar-refractivity contribution in [2.24, 2.45) is 5.92 Å². The van der Waals surface area contributed by atoms with Gasteiger partial charge >= 0.3 is 0 Å². The maximum absolute atomic E-state index is 12.5. The Balaban J connectivity index is 1.82. The number of carbonyl (C=O) groups excluding carboxylic acids is 1. The Bertz CT molecular complexity index is 815. The number of rotatable bonds is 5. The van der Waals surface area contributed by atoms with Gasteiger partial charge in [-0.05, 0) is 25.3 Å². The lowest BCUT2D eigenvalue weighted by Gasteiger charge is -2.18. The Morgan fingerprint density at radius 1 is 1.32 bits per heavy atom. The summed E-state index contributed by atoms with van der Waals surface area (Å²) in [6.45, 7) is 1.92. The molecule has 1 heterocycles. The lowest BCUT2D eigenvalue weighted by atomic mass is 10.1. The fourth-order valence-electron chi connectivity index (χ4n) is 3.19. The van der Waals surface area contributed by atoms with E-state index >= 15 is 0 Å². The number of nitrogens with one attached hydrogen (secondary N) is 2. The summed E-state index contributed by atoms with van der Waals surface area (Å²) in [6, 6.07) is 7.06. The van der Waals surface area contributed by atoms with E-state index in [2.05, 4.69) is 36.4 Å². The van der Waals surface area contributed by atoms with Crippen LogP contribution in [-0.4, -0.2) is 21.1 Å². The number of benzene rings is 1. The largest absolute Gasteiger partial charge is 0.347 e. The number of H-pyrrole nitrogens is 1. The number of amides is 1. The van der Waals surface area contributed by atoms with E-state index < -0.39 is 6.04 Å². The Hall–Kier alpha value is -2.02. The monoisotopic (exact) mass is 404 g/mol. The van der Waals surface area contributed by atoms with E-state index in [-0.39, 0.29) is 23.1 Å². The normalized spacial score (nSPS) is 15.9. The van der Waals surface area contributed by atoms with Crippen LogP contribution in [0.3, 0.4) is 0 Å².